The van der Waals surface area contributed by atoms with Crippen molar-refractivity contribution in [3.05, 3.63) is 71.8 Å². The van der Waals surface area contributed by atoms with E-state index in [1.807, 2.05) is 29.3 Å². The number of nitrogens with one attached hydrogen (secondary N) is 1. The molecule has 6 heteroatoms. The van der Waals surface area contributed by atoms with Crippen LogP contribution in [-0.4, -0.2) is 61.2 Å². The number of hydrogen-bond acceptors (Lipinski definition) is 5. The Hall–Kier alpha value is -3.22. The summed E-state index contributed by atoms with van der Waals surface area (Å²) < 4.78 is 0. The summed E-state index contributed by atoms with van der Waals surface area (Å²) in [5.41, 5.74) is 8.45. The van der Waals surface area contributed by atoms with E-state index < -0.39 is 0 Å². The van der Waals surface area contributed by atoms with Crippen LogP contribution in [-0.2, 0) is 4.79 Å². The number of aliphatic imine (C=N–C) groups is 1. The van der Waals surface area contributed by atoms with E-state index in [9.17, 15) is 4.79 Å². The molecule has 0 saturated carbocycles. The third-order valence-electron chi connectivity index (χ3n) is 6.90. The highest BCUT2D eigenvalue weighted by atomic mass is 16.2. The van der Waals surface area contributed by atoms with Gasteiger partial charge in [0.15, 0.2) is 0 Å². The third-order valence-corrected chi connectivity index (χ3v) is 6.90. The normalized spacial score (nSPS) is 20.1. The van der Waals surface area contributed by atoms with Crippen LogP contribution in [0.1, 0.15) is 23.6 Å². The number of hydrazine groups is 1. The first-order chi connectivity index (χ1) is 15.7. The van der Waals surface area contributed by atoms with Crippen molar-refractivity contribution in [2.45, 2.75) is 12.5 Å². The van der Waals surface area contributed by atoms with Crippen molar-refractivity contribution >= 4 is 33.8 Å². The first-order valence-corrected chi connectivity index (χ1v) is 11.4. The van der Waals surface area contributed by atoms with E-state index in [1.54, 1.807) is 0 Å². The summed E-state index contributed by atoms with van der Waals surface area (Å²) >= 11 is 0. The Bertz CT molecular complexity index is 1220. The number of anilines is 1. The monoisotopic (exact) mass is 425 g/mol. The van der Waals surface area contributed by atoms with E-state index in [1.165, 1.54) is 16.3 Å². The van der Waals surface area contributed by atoms with Gasteiger partial charge in [-0.1, -0.05) is 48.5 Å². The average Bonchev–Trinajstić information content (AvgIpc) is 3.14. The number of para-hydroxylation sites is 2. The first kappa shape index (κ1) is 19.5. The van der Waals surface area contributed by atoms with E-state index in [0.29, 0.717) is 6.42 Å². The second-order valence-electron chi connectivity index (χ2n) is 8.94. The van der Waals surface area contributed by atoms with Crippen molar-refractivity contribution in [2.24, 2.45) is 4.99 Å². The van der Waals surface area contributed by atoms with Gasteiger partial charge in [0.2, 0.25) is 5.91 Å². The number of nitrogens with zero attached hydrogens (tertiary/aromatic N) is 4. The Morgan fingerprint density at radius 3 is 2.62 bits per heavy atom. The Kier molecular flexibility index (Phi) is 4.70. The molecular weight excluding hydrogens is 398 g/mol. The van der Waals surface area contributed by atoms with Crippen molar-refractivity contribution < 1.29 is 4.79 Å². The zero-order valence-electron chi connectivity index (χ0n) is 18.3. The van der Waals surface area contributed by atoms with Crippen molar-refractivity contribution in [1.29, 1.82) is 0 Å². The SMILES string of the molecule is CN1CCN(CCC(=O)NN2c3ccccc3N=C3c4cccc5cccc(c45)C32)CC1. The van der Waals surface area contributed by atoms with Crippen LogP contribution in [0.15, 0.2) is 65.7 Å². The number of likely N-dealkylation sites (N-methyl/N-ethyl adjacent to an activating group) is 1. The maximum Gasteiger partial charge on any atom is 0.239 e. The van der Waals surface area contributed by atoms with Crippen molar-refractivity contribution in [3.63, 3.8) is 0 Å². The minimum atomic E-state index is -0.112. The fourth-order valence-electron chi connectivity index (χ4n) is 5.17. The predicted octanol–water partition coefficient (Wildman–Crippen LogP) is 3.50. The number of carbonyl (C=O) groups is 1. The molecule has 1 saturated heterocycles. The molecule has 0 bridgehead atoms. The van der Waals surface area contributed by atoms with Gasteiger partial charge in [0.1, 0.15) is 6.04 Å². The molecule has 6 nitrogen and oxygen atoms in total. The molecule has 1 amide bonds. The quantitative estimate of drug-likeness (QED) is 0.695. The highest BCUT2D eigenvalue weighted by Crippen LogP contribution is 2.47. The largest absolute Gasteiger partial charge is 0.304 e. The van der Waals surface area contributed by atoms with Crippen LogP contribution in [0.5, 0.6) is 0 Å². The standard InChI is InChI=1S/C26H27N5O/c1-29-14-16-30(17-15-29)13-12-23(32)28-31-22-11-3-2-10-21(22)27-25-19-8-4-6-18-7-5-9-20(24(18)19)26(25)31/h2-11,26H,12-17H2,1H3,(H,28,32). The van der Waals surface area contributed by atoms with Crippen LogP contribution in [0.3, 0.4) is 0 Å². The fourth-order valence-corrected chi connectivity index (χ4v) is 5.17. The predicted molar refractivity (Wildman–Crippen MR) is 129 cm³/mol. The average molecular weight is 426 g/mol. The number of rotatable bonds is 4. The summed E-state index contributed by atoms with van der Waals surface area (Å²) in [6.45, 7) is 4.95. The van der Waals surface area contributed by atoms with E-state index in [2.05, 4.69) is 58.7 Å². The van der Waals surface area contributed by atoms with Gasteiger partial charge in [-0.05, 0) is 35.5 Å². The number of fused-ring (bicyclic) bond motifs is 4. The van der Waals surface area contributed by atoms with Crippen LogP contribution >= 0.6 is 0 Å². The molecule has 2 aliphatic heterocycles. The summed E-state index contributed by atoms with van der Waals surface area (Å²) in [5, 5.41) is 4.49. The summed E-state index contributed by atoms with van der Waals surface area (Å²) in [4.78, 5) is 22.9. The molecule has 1 unspecified atom stereocenters. The number of hydrogen-bond donors (Lipinski definition) is 1. The van der Waals surface area contributed by atoms with Crippen molar-refractivity contribution in [2.75, 3.05) is 44.8 Å². The zero-order chi connectivity index (χ0) is 21.7. The Labute approximate surface area is 188 Å². The molecule has 2 heterocycles. The summed E-state index contributed by atoms with van der Waals surface area (Å²) in [6, 6.07) is 20.7. The topological polar surface area (TPSA) is 51.2 Å². The number of piperazine rings is 1. The second kappa shape index (κ2) is 7.73. The smallest absolute Gasteiger partial charge is 0.239 e. The molecule has 0 aromatic heterocycles. The van der Waals surface area contributed by atoms with Gasteiger partial charge in [-0.2, -0.15) is 0 Å². The van der Waals surface area contributed by atoms with E-state index in [4.69, 9.17) is 4.99 Å². The highest BCUT2D eigenvalue weighted by Gasteiger charge is 2.39. The summed E-state index contributed by atoms with van der Waals surface area (Å²) in [7, 11) is 2.15. The molecule has 1 atom stereocenters. The number of carbonyl (C=O) groups excluding carboxylic acids is 1. The van der Waals surface area contributed by atoms with Gasteiger partial charge in [-0.25, -0.2) is 4.99 Å². The molecule has 32 heavy (non-hydrogen) atoms. The molecule has 3 aliphatic rings. The molecule has 3 aromatic rings. The van der Waals surface area contributed by atoms with Gasteiger partial charge in [0.05, 0.1) is 17.1 Å². The minimum absolute atomic E-state index is 0.0445. The number of amides is 1. The lowest BCUT2D eigenvalue weighted by atomic mass is 10.0. The maximum absolute atomic E-state index is 13.1. The maximum atomic E-state index is 13.1. The molecule has 6 rings (SSSR count). The first-order valence-electron chi connectivity index (χ1n) is 11.4. The fraction of sp³-hybridized carbons (Fsp3) is 0.308. The number of benzene rings is 3. The lowest BCUT2D eigenvalue weighted by Gasteiger charge is -2.36. The Morgan fingerprint density at radius 2 is 1.78 bits per heavy atom. The molecule has 3 aromatic carbocycles. The van der Waals surface area contributed by atoms with Gasteiger partial charge in [-0.3, -0.25) is 15.2 Å². The highest BCUT2D eigenvalue weighted by molar-refractivity contribution is 6.23. The lowest BCUT2D eigenvalue weighted by molar-refractivity contribution is -0.121. The van der Waals surface area contributed by atoms with E-state index in [-0.39, 0.29) is 11.9 Å². The molecule has 162 valence electrons. The van der Waals surface area contributed by atoms with Gasteiger partial charge < -0.3 is 9.80 Å². The van der Waals surface area contributed by atoms with E-state index >= 15 is 0 Å². The zero-order valence-corrected chi connectivity index (χ0v) is 18.3. The molecule has 0 radical (unpaired) electrons. The second-order valence-corrected chi connectivity index (χ2v) is 8.94. The lowest BCUT2D eigenvalue weighted by Crippen LogP contribution is -2.49. The molecule has 1 fully saturated rings. The van der Waals surface area contributed by atoms with Crippen LogP contribution in [0.4, 0.5) is 11.4 Å². The molecule has 1 N–H and O–H groups in total. The Morgan fingerprint density at radius 1 is 1.00 bits per heavy atom. The van der Waals surface area contributed by atoms with E-state index in [0.717, 1.165) is 55.4 Å². The van der Waals surface area contributed by atoms with Gasteiger partial charge in [0.25, 0.3) is 0 Å². The van der Waals surface area contributed by atoms with Gasteiger partial charge >= 0.3 is 0 Å². The van der Waals surface area contributed by atoms with Crippen molar-refractivity contribution in [3.8, 4) is 0 Å². The molecular formula is C26H27N5O. The molecule has 0 spiro atoms. The van der Waals surface area contributed by atoms with Crippen LogP contribution in [0, 0.1) is 0 Å². The van der Waals surface area contributed by atoms with Crippen molar-refractivity contribution in [1.82, 2.24) is 15.2 Å². The van der Waals surface area contributed by atoms with Gasteiger partial charge in [-0.15, -0.1) is 0 Å². The third kappa shape index (κ3) is 3.18. The summed E-state index contributed by atoms with van der Waals surface area (Å²) in [5.74, 6) is 0.0445. The minimum Gasteiger partial charge on any atom is -0.304 e. The molecule has 1 aliphatic carbocycles. The van der Waals surface area contributed by atoms with Crippen LogP contribution in [0.2, 0.25) is 0 Å². The Balaban J connectivity index is 1.31. The summed E-state index contributed by atoms with van der Waals surface area (Å²) in [6.07, 6.45) is 0.485. The van der Waals surface area contributed by atoms with Crippen LogP contribution < -0.4 is 10.4 Å². The van der Waals surface area contributed by atoms with Gasteiger partial charge in [0, 0.05) is 44.7 Å². The van der Waals surface area contributed by atoms with Crippen LogP contribution in [0.25, 0.3) is 10.8 Å².